The van der Waals surface area contributed by atoms with Gasteiger partial charge in [0.1, 0.15) is 17.3 Å². The van der Waals surface area contributed by atoms with Gasteiger partial charge >= 0.3 is 0 Å². The fraction of sp³-hybridized carbons (Fsp3) is 0.478. The first-order chi connectivity index (χ1) is 15.1. The number of anilines is 2. The molecule has 1 N–H and O–H groups in total. The number of ether oxygens (including phenoxy) is 1. The van der Waals surface area contributed by atoms with Gasteiger partial charge in [0.05, 0.1) is 6.26 Å². The molecule has 172 valence electrons. The van der Waals surface area contributed by atoms with Crippen molar-refractivity contribution in [1.29, 1.82) is 0 Å². The van der Waals surface area contributed by atoms with Crippen LogP contribution in [-0.4, -0.2) is 56.6 Å². The quantitative estimate of drug-likeness (QED) is 0.715. The van der Waals surface area contributed by atoms with Gasteiger partial charge < -0.3 is 14.5 Å². The van der Waals surface area contributed by atoms with Crippen LogP contribution in [0.25, 0.3) is 0 Å². The van der Waals surface area contributed by atoms with Gasteiger partial charge in [0, 0.05) is 32.1 Å². The zero-order valence-electron chi connectivity index (χ0n) is 19.0. The minimum atomic E-state index is -3.50. The summed E-state index contributed by atoms with van der Waals surface area (Å²) in [5, 5.41) is 0. The van der Waals surface area contributed by atoms with Crippen molar-refractivity contribution in [2.75, 3.05) is 42.1 Å². The van der Waals surface area contributed by atoms with Gasteiger partial charge in [-0.25, -0.2) is 8.42 Å². The molecule has 0 unspecified atom stereocenters. The lowest BCUT2D eigenvalue weighted by Gasteiger charge is -2.35. The molecule has 9 heteroatoms. The van der Waals surface area contributed by atoms with E-state index in [2.05, 4.69) is 14.6 Å². The van der Waals surface area contributed by atoms with E-state index < -0.39 is 10.0 Å². The van der Waals surface area contributed by atoms with Crippen molar-refractivity contribution in [3.63, 3.8) is 0 Å². The van der Waals surface area contributed by atoms with Crippen LogP contribution in [0.1, 0.15) is 29.5 Å². The predicted octanol–water partition coefficient (Wildman–Crippen LogP) is 3.23. The average molecular weight is 459 g/mol. The maximum Gasteiger partial charge on any atom is 0.245 e. The minimum Gasteiger partial charge on any atom is -0.436 e. The first kappa shape index (κ1) is 22.4. The number of carbonyl (C=O) groups excluding carboxylic acids is 1. The lowest BCUT2D eigenvalue weighted by Crippen LogP contribution is -2.49. The van der Waals surface area contributed by atoms with E-state index in [0.717, 1.165) is 35.8 Å². The molecule has 0 bridgehead atoms. The molecule has 0 atom stereocenters. The third kappa shape index (κ3) is 5.15. The number of hydrogen-bond donors (Lipinski definition) is 1. The summed E-state index contributed by atoms with van der Waals surface area (Å²) in [7, 11) is -3.50. The zero-order valence-corrected chi connectivity index (χ0v) is 19.8. The van der Waals surface area contributed by atoms with Crippen molar-refractivity contribution in [3.8, 4) is 11.6 Å². The number of hydrogen-bond acceptors (Lipinski definition) is 6. The van der Waals surface area contributed by atoms with Crippen molar-refractivity contribution in [2.24, 2.45) is 5.92 Å². The highest BCUT2D eigenvalue weighted by atomic mass is 32.2. The van der Waals surface area contributed by atoms with Crippen LogP contribution in [0.15, 0.2) is 24.3 Å². The van der Waals surface area contributed by atoms with Gasteiger partial charge in [0.2, 0.25) is 21.8 Å². The Morgan fingerprint density at radius 3 is 2.25 bits per heavy atom. The number of benzene rings is 1. The summed E-state index contributed by atoms with van der Waals surface area (Å²) in [6, 6.07) is 7.50. The first-order valence-electron chi connectivity index (χ1n) is 10.9. The Morgan fingerprint density at radius 2 is 1.69 bits per heavy atom. The molecule has 1 aromatic carbocycles. The van der Waals surface area contributed by atoms with Gasteiger partial charge in [-0.3, -0.25) is 9.52 Å². The molecular formula is C23H30N4O4S. The first-order valence-corrected chi connectivity index (χ1v) is 12.8. The maximum atomic E-state index is 12.3. The minimum absolute atomic E-state index is 0.208. The Hall–Kier alpha value is -2.81. The molecule has 2 heterocycles. The molecule has 4 rings (SSSR count). The Bertz CT molecular complexity index is 1110. The summed E-state index contributed by atoms with van der Waals surface area (Å²) < 4.78 is 32.5. The summed E-state index contributed by atoms with van der Waals surface area (Å²) in [6.45, 7) is 8.60. The van der Waals surface area contributed by atoms with E-state index in [1.807, 2.05) is 37.8 Å². The molecule has 2 aromatic rings. The highest BCUT2D eigenvalue weighted by Crippen LogP contribution is 2.35. The number of amides is 1. The summed E-state index contributed by atoms with van der Waals surface area (Å²) in [4.78, 5) is 21.0. The van der Waals surface area contributed by atoms with E-state index in [4.69, 9.17) is 4.74 Å². The molecule has 1 aromatic heterocycles. The van der Waals surface area contributed by atoms with Gasteiger partial charge in [0.25, 0.3) is 0 Å². The molecule has 1 aliphatic carbocycles. The SMILES string of the molecule is Cc1cc(C)c(Oc2nc(N3CCN(C(=O)C4CC4)CC3)ccc2NS(C)(=O)=O)c(C)c1. The zero-order chi connectivity index (χ0) is 23.0. The maximum absolute atomic E-state index is 12.3. The summed E-state index contributed by atoms with van der Waals surface area (Å²) >= 11 is 0. The lowest BCUT2D eigenvalue weighted by molar-refractivity contribution is -0.132. The van der Waals surface area contributed by atoms with E-state index in [9.17, 15) is 13.2 Å². The van der Waals surface area contributed by atoms with E-state index in [0.29, 0.717) is 37.7 Å². The lowest BCUT2D eigenvalue weighted by atomic mass is 10.1. The molecule has 1 saturated heterocycles. The smallest absolute Gasteiger partial charge is 0.245 e. The summed E-state index contributed by atoms with van der Waals surface area (Å²) in [5.74, 6) is 2.05. The molecule has 2 aliphatic rings. The molecule has 0 spiro atoms. The third-order valence-corrected chi connectivity index (χ3v) is 6.38. The Kier molecular flexibility index (Phi) is 6.03. The Balaban J connectivity index is 1.59. The Morgan fingerprint density at radius 1 is 1.06 bits per heavy atom. The molecule has 0 radical (unpaired) electrons. The monoisotopic (exact) mass is 458 g/mol. The molecule has 8 nitrogen and oxygen atoms in total. The number of piperazine rings is 1. The van der Waals surface area contributed by atoms with Crippen LogP contribution in [-0.2, 0) is 14.8 Å². The average Bonchev–Trinajstić information content (AvgIpc) is 3.55. The standard InChI is InChI=1S/C23H30N4O4S/c1-15-13-16(2)21(17(3)14-15)31-22-19(25-32(4,29)30)7-8-20(24-22)26-9-11-27(12-10-26)23(28)18-5-6-18/h7-8,13-14,18,25H,5-6,9-12H2,1-4H3. The van der Waals surface area contributed by atoms with Gasteiger partial charge in [-0.1, -0.05) is 17.7 Å². The number of aryl methyl sites for hydroxylation is 3. The fourth-order valence-corrected chi connectivity index (χ4v) is 4.69. The van der Waals surface area contributed by atoms with Crippen molar-refractivity contribution >= 4 is 27.4 Å². The molecular weight excluding hydrogens is 428 g/mol. The number of aromatic nitrogens is 1. The van der Waals surface area contributed by atoms with E-state index in [1.54, 1.807) is 12.1 Å². The summed E-state index contributed by atoms with van der Waals surface area (Å²) in [5.41, 5.74) is 3.32. The molecule has 1 saturated carbocycles. The highest BCUT2D eigenvalue weighted by Gasteiger charge is 2.34. The van der Waals surface area contributed by atoms with Crippen LogP contribution in [0, 0.1) is 26.7 Å². The molecule has 1 amide bonds. The fourth-order valence-electron chi connectivity index (χ4n) is 4.13. The van der Waals surface area contributed by atoms with Gasteiger partial charge in [0.15, 0.2) is 0 Å². The topological polar surface area (TPSA) is 91.8 Å². The van der Waals surface area contributed by atoms with Crippen molar-refractivity contribution < 1.29 is 17.9 Å². The highest BCUT2D eigenvalue weighted by molar-refractivity contribution is 7.92. The predicted molar refractivity (Wildman–Crippen MR) is 125 cm³/mol. The van der Waals surface area contributed by atoms with Crippen molar-refractivity contribution in [1.82, 2.24) is 9.88 Å². The van der Waals surface area contributed by atoms with E-state index >= 15 is 0 Å². The van der Waals surface area contributed by atoms with Crippen LogP contribution in [0.3, 0.4) is 0 Å². The van der Waals surface area contributed by atoms with E-state index in [-0.39, 0.29) is 23.4 Å². The van der Waals surface area contributed by atoms with Crippen LogP contribution in [0.4, 0.5) is 11.5 Å². The van der Waals surface area contributed by atoms with Crippen molar-refractivity contribution in [3.05, 3.63) is 41.0 Å². The van der Waals surface area contributed by atoms with Gasteiger partial charge in [-0.05, 0) is 56.9 Å². The second-order valence-corrected chi connectivity index (χ2v) is 10.6. The van der Waals surface area contributed by atoms with Crippen LogP contribution >= 0.6 is 0 Å². The number of sulfonamides is 1. The molecule has 32 heavy (non-hydrogen) atoms. The normalized spacial score (nSPS) is 16.8. The van der Waals surface area contributed by atoms with Crippen LogP contribution in [0.5, 0.6) is 11.6 Å². The van der Waals surface area contributed by atoms with Crippen molar-refractivity contribution in [2.45, 2.75) is 33.6 Å². The third-order valence-electron chi connectivity index (χ3n) is 5.79. The van der Waals surface area contributed by atoms with Gasteiger partial charge in [-0.2, -0.15) is 4.98 Å². The second kappa shape index (κ2) is 8.61. The largest absolute Gasteiger partial charge is 0.436 e. The second-order valence-electron chi connectivity index (χ2n) is 8.81. The molecule has 2 fully saturated rings. The Labute approximate surface area is 189 Å². The number of nitrogens with one attached hydrogen (secondary N) is 1. The van der Waals surface area contributed by atoms with Gasteiger partial charge in [-0.15, -0.1) is 0 Å². The number of rotatable bonds is 6. The molecule has 1 aliphatic heterocycles. The van der Waals surface area contributed by atoms with E-state index in [1.165, 1.54) is 0 Å². The van der Waals surface area contributed by atoms with Crippen LogP contribution < -0.4 is 14.4 Å². The van der Waals surface area contributed by atoms with Crippen LogP contribution in [0.2, 0.25) is 0 Å². The number of nitrogens with zero attached hydrogens (tertiary/aromatic N) is 3. The number of pyridine rings is 1. The summed E-state index contributed by atoms with van der Waals surface area (Å²) in [6.07, 6.45) is 3.12. The number of carbonyl (C=O) groups is 1.